The first-order valence-corrected chi connectivity index (χ1v) is 10.0. The van der Waals surface area contributed by atoms with Gasteiger partial charge in [0.15, 0.2) is 0 Å². The first-order chi connectivity index (χ1) is 13.7. The van der Waals surface area contributed by atoms with E-state index in [2.05, 4.69) is 27.3 Å². The summed E-state index contributed by atoms with van der Waals surface area (Å²) in [6.45, 7) is 3.18. The lowest BCUT2D eigenvalue weighted by atomic mass is 10.1. The van der Waals surface area contributed by atoms with Crippen LogP contribution in [0.25, 0.3) is 0 Å². The smallest absolute Gasteiger partial charge is 0.229 e. The van der Waals surface area contributed by atoms with E-state index in [1.165, 1.54) is 24.9 Å². The van der Waals surface area contributed by atoms with E-state index in [9.17, 15) is 9.59 Å². The molecule has 1 unspecified atom stereocenters. The van der Waals surface area contributed by atoms with Crippen LogP contribution in [0.3, 0.4) is 0 Å². The fraction of sp³-hybridized carbons (Fsp3) is 0.409. The van der Waals surface area contributed by atoms with Crippen LogP contribution >= 0.6 is 0 Å². The number of amides is 2. The number of hydrogen-bond donors (Lipinski definition) is 1. The van der Waals surface area contributed by atoms with E-state index in [4.69, 9.17) is 0 Å². The van der Waals surface area contributed by atoms with Crippen LogP contribution in [0, 0.1) is 5.92 Å². The van der Waals surface area contributed by atoms with E-state index >= 15 is 0 Å². The van der Waals surface area contributed by atoms with Crippen molar-refractivity contribution in [3.05, 3.63) is 54.4 Å². The van der Waals surface area contributed by atoms with Gasteiger partial charge in [0, 0.05) is 56.4 Å². The van der Waals surface area contributed by atoms with Gasteiger partial charge in [-0.15, -0.1) is 0 Å². The molecule has 6 nitrogen and oxygen atoms in total. The number of pyridine rings is 1. The first-order valence-electron chi connectivity index (χ1n) is 10.0. The van der Waals surface area contributed by atoms with Gasteiger partial charge in [-0.25, -0.2) is 0 Å². The summed E-state index contributed by atoms with van der Waals surface area (Å²) in [6.07, 6.45) is 7.49. The first kappa shape index (κ1) is 18.5. The number of rotatable bonds is 5. The molecular weight excluding hydrogens is 352 g/mol. The number of hydrogen-bond acceptors (Lipinski definition) is 4. The molecule has 0 bridgehead atoms. The number of piperidine rings is 1. The maximum atomic E-state index is 12.6. The van der Waals surface area contributed by atoms with Gasteiger partial charge in [0.25, 0.3) is 0 Å². The van der Waals surface area contributed by atoms with E-state index in [0.717, 1.165) is 24.3 Å². The van der Waals surface area contributed by atoms with Crippen molar-refractivity contribution >= 4 is 23.2 Å². The van der Waals surface area contributed by atoms with E-state index in [1.54, 1.807) is 17.3 Å². The molecule has 1 atom stereocenters. The molecule has 2 saturated heterocycles. The lowest BCUT2D eigenvalue weighted by Crippen LogP contribution is -2.29. The molecule has 4 rings (SSSR count). The van der Waals surface area contributed by atoms with Gasteiger partial charge in [-0.1, -0.05) is 0 Å². The second-order valence-corrected chi connectivity index (χ2v) is 7.61. The standard InChI is InChI=1S/C22H26N4O2/c27-21-14-18(16-26(21)15-17-8-10-23-11-9-17)22(28)24-19-4-6-20(7-5-19)25-12-2-1-3-13-25/h4-11,18H,1-3,12-16H2,(H,24,28). The van der Waals surface area contributed by atoms with E-state index in [1.807, 2.05) is 24.3 Å². The molecule has 2 aliphatic rings. The Hall–Kier alpha value is -2.89. The third-order valence-electron chi connectivity index (χ3n) is 5.56. The SMILES string of the molecule is O=C(Nc1ccc(N2CCCCC2)cc1)C1CC(=O)N(Cc2ccncc2)C1. The molecule has 1 N–H and O–H groups in total. The average Bonchev–Trinajstić information content (AvgIpc) is 3.10. The zero-order chi connectivity index (χ0) is 19.3. The third kappa shape index (κ3) is 4.32. The molecule has 1 aromatic heterocycles. The third-order valence-corrected chi connectivity index (χ3v) is 5.56. The van der Waals surface area contributed by atoms with Gasteiger partial charge in [-0.3, -0.25) is 14.6 Å². The van der Waals surface area contributed by atoms with Crippen LogP contribution in [0.15, 0.2) is 48.8 Å². The van der Waals surface area contributed by atoms with Gasteiger partial charge < -0.3 is 15.1 Å². The summed E-state index contributed by atoms with van der Waals surface area (Å²) in [7, 11) is 0. The molecule has 2 aliphatic heterocycles. The van der Waals surface area contributed by atoms with Crippen molar-refractivity contribution in [2.24, 2.45) is 5.92 Å². The molecule has 0 spiro atoms. The second-order valence-electron chi connectivity index (χ2n) is 7.61. The monoisotopic (exact) mass is 378 g/mol. The van der Waals surface area contributed by atoms with Crippen LogP contribution in [0.4, 0.5) is 11.4 Å². The van der Waals surface area contributed by atoms with Crippen molar-refractivity contribution in [3.8, 4) is 0 Å². The summed E-state index contributed by atoms with van der Waals surface area (Å²) in [4.78, 5) is 33.1. The molecule has 3 heterocycles. The minimum absolute atomic E-state index is 0.0254. The highest BCUT2D eigenvalue weighted by molar-refractivity contribution is 5.97. The van der Waals surface area contributed by atoms with Crippen LogP contribution in [-0.2, 0) is 16.1 Å². The van der Waals surface area contributed by atoms with Crippen molar-refractivity contribution < 1.29 is 9.59 Å². The minimum atomic E-state index is -0.309. The zero-order valence-electron chi connectivity index (χ0n) is 16.0. The van der Waals surface area contributed by atoms with Crippen molar-refractivity contribution in [2.75, 3.05) is 29.9 Å². The van der Waals surface area contributed by atoms with Gasteiger partial charge in [0.1, 0.15) is 0 Å². The quantitative estimate of drug-likeness (QED) is 0.868. The highest BCUT2D eigenvalue weighted by Gasteiger charge is 2.34. The molecule has 2 aromatic rings. The lowest BCUT2D eigenvalue weighted by Gasteiger charge is -2.28. The molecule has 6 heteroatoms. The van der Waals surface area contributed by atoms with Crippen molar-refractivity contribution in [1.29, 1.82) is 0 Å². The number of carbonyl (C=O) groups is 2. The Bertz CT molecular complexity index is 816. The van der Waals surface area contributed by atoms with Crippen molar-refractivity contribution in [2.45, 2.75) is 32.2 Å². The predicted molar refractivity (Wildman–Crippen MR) is 109 cm³/mol. The highest BCUT2D eigenvalue weighted by Crippen LogP contribution is 2.24. The Morgan fingerprint density at radius 3 is 2.46 bits per heavy atom. The normalized spacial score (nSPS) is 19.7. The Kier molecular flexibility index (Phi) is 5.55. The molecule has 2 fully saturated rings. The predicted octanol–water partition coefficient (Wildman–Crippen LogP) is 3.06. The van der Waals surface area contributed by atoms with Crippen LogP contribution < -0.4 is 10.2 Å². The topological polar surface area (TPSA) is 65.5 Å². The molecule has 0 saturated carbocycles. The van der Waals surface area contributed by atoms with Crippen LogP contribution in [0.1, 0.15) is 31.2 Å². The van der Waals surface area contributed by atoms with E-state index in [0.29, 0.717) is 13.1 Å². The molecule has 1 aromatic carbocycles. The molecule has 2 amide bonds. The second kappa shape index (κ2) is 8.42. The number of anilines is 2. The van der Waals surface area contributed by atoms with Crippen molar-refractivity contribution in [3.63, 3.8) is 0 Å². The van der Waals surface area contributed by atoms with Gasteiger partial charge in [0.05, 0.1) is 5.92 Å². The number of benzene rings is 1. The molecular formula is C22H26N4O2. The fourth-order valence-electron chi connectivity index (χ4n) is 3.96. The zero-order valence-corrected chi connectivity index (χ0v) is 16.0. The largest absolute Gasteiger partial charge is 0.372 e. The van der Waals surface area contributed by atoms with Crippen molar-refractivity contribution in [1.82, 2.24) is 9.88 Å². The Morgan fingerprint density at radius 1 is 1.04 bits per heavy atom. The maximum Gasteiger partial charge on any atom is 0.229 e. The summed E-state index contributed by atoms with van der Waals surface area (Å²) < 4.78 is 0. The number of carbonyl (C=O) groups excluding carboxylic acids is 2. The summed E-state index contributed by atoms with van der Waals surface area (Å²) in [6, 6.07) is 11.8. The fourth-order valence-corrected chi connectivity index (χ4v) is 3.96. The summed E-state index contributed by atoms with van der Waals surface area (Å²) >= 11 is 0. The number of likely N-dealkylation sites (tertiary alicyclic amines) is 1. The Balaban J connectivity index is 1.33. The van der Waals surface area contributed by atoms with E-state index < -0.39 is 0 Å². The lowest BCUT2D eigenvalue weighted by molar-refractivity contribution is -0.128. The summed E-state index contributed by atoms with van der Waals surface area (Å²) in [5, 5.41) is 2.97. The molecule has 28 heavy (non-hydrogen) atoms. The van der Waals surface area contributed by atoms with Crippen LogP contribution in [0.5, 0.6) is 0 Å². The summed E-state index contributed by atoms with van der Waals surface area (Å²) in [5.41, 5.74) is 3.01. The number of aromatic nitrogens is 1. The van der Waals surface area contributed by atoms with Gasteiger partial charge in [-0.05, 0) is 61.2 Å². The minimum Gasteiger partial charge on any atom is -0.372 e. The molecule has 146 valence electrons. The van der Waals surface area contributed by atoms with Gasteiger partial charge >= 0.3 is 0 Å². The average molecular weight is 378 g/mol. The number of nitrogens with one attached hydrogen (secondary N) is 1. The van der Waals surface area contributed by atoms with Crippen LogP contribution in [-0.4, -0.2) is 41.3 Å². The Morgan fingerprint density at radius 2 is 1.75 bits per heavy atom. The molecule has 0 aliphatic carbocycles. The summed E-state index contributed by atoms with van der Waals surface area (Å²) in [5.74, 6) is -0.371. The maximum absolute atomic E-state index is 12.6. The van der Waals surface area contributed by atoms with Gasteiger partial charge in [-0.2, -0.15) is 0 Å². The highest BCUT2D eigenvalue weighted by atomic mass is 16.2. The molecule has 0 radical (unpaired) electrons. The van der Waals surface area contributed by atoms with E-state index in [-0.39, 0.29) is 24.2 Å². The van der Waals surface area contributed by atoms with Crippen LogP contribution in [0.2, 0.25) is 0 Å². The Labute approximate surface area is 165 Å². The van der Waals surface area contributed by atoms with Gasteiger partial charge in [0.2, 0.25) is 11.8 Å². The number of nitrogens with zero attached hydrogens (tertiary/aromatic N) is 3.